The number of pyridine rings is 1. The van der Waals surface area contributed by atoms with E-state index in [-0.39, 0.29) is 17.8 Å². The molecule has 2 unspecified atom stereocenters. The van der Waals surface area contributed by atoms with Gasteiger partial charge in [0.25, 0.3) is 0 Å². The van der Waals surface area contributed by atoms with E-state index in [0.717, 1.165) is 11.0 Å². The molecule has 0 radical (unpaired) electrons. The van der Waals surface area contributed by atoms with Gasteiger partial charge in [-0.05, 0) is 29.5 Å². The van der Waals surface area contributed by atoms with Crippen LogP contribution in [0.4, 0.5) is 19.3 Å². The van der Waals surface area contributed by atoms with Crippen molar-refractivity contribution in [3.05, 3.63) is 48.9 Å². The van der Waals surface area contributed by atoms with Gasteiger partial charge in [-0.15, -0.1) is 15.0 Å². The average molecular weight is 400 g/mol. The Morgan fingerprint density at radius 2 is 2.17 bits per heavy atom. The number of nitrogens with zero attached hydrogens (tertiary/aromatic N) is 6. The van der Waals surface area contributed by atoms with Gasteiger partial charge in [-0.3, -0.25) is 9.88 Å². The molecule has 9 nitrogen and oxygen atoms in total. The normalized spacial score (nSPS) is 17.3. The Hall–Kier alpha value is -3.73. The lowest BCUT2D eigenvalue weighted by Crippen LogP contribution is -2.28. The van der Waals surface area contributed by atoms with Crippen LogP contribution < -0.4 is 4.90 Å². The van der Waals surface area contributed by atoms with Crippen LogP contribution >= 0.6 is 0 Å². The third kappa shape index (κ3) is 3.55. The lowest BCUT2D eigenvalue weighted by molar-refractivity contribution is -0.0503. The number of aliphatic hydroxyl groups is 1. The highest BCUT2D eigenvalue weighted by molar-refractivity contribution is 5.90. The van der Waals surface area contributed by atoms with Gasteiger partial charge in [0.2, 0.25) is 12.2 Å². The highest BCUT2D eigenvalue weighted by Crippen LogP contribution is 2.30. The largest absolute Gasteiger partial charge is 0.438 e. The van der Waals surface area contributed by atoms with Crippen LogP contribution in [-0.2, 0) is 4.74 Å². The minimum Gasteiger partial charge on any atom is -0.438 e. The van der Waals surface area contributed by atoms with Crippen LogP contribution in [0, 0.1) is 5.82 Å². The van der Waals surface area contributed by atoms with Crippen molar-refractivity contribution in [2.24, 2.45) is 0 Å². The number of cyclic esters (lactones) is 1. The first-order chi connectivity index (χ1) is 14.0. The summed E-state index contributed by atoms with van der Waals surface area (Å²) in [6.07, 6.45) is -1.63. The molecule has 2 aromatic heterocycles. The van der Waals surface area contributed by atoms with Gasteiger partial charge in [0, 0.05) is 23.5 Å². The summed E-state index contributed by atoms with van der Waals surface area (Å²) < 4.78 is 32.3. The molecule has 1 aromatic carbocycles. The van der Waals surface area contributed by atoms with Gasteiger partial charge in [0.1, 0.15) is 11.5 Å². The molecule has 4 rings (SSSR count). The Kier molecular flexibility index (Phi) is 4.72. The maximum absolute atomic E-state index is 14.7. The van der Waals surface area contributed by atoms with Crippen molar-refractivity contribution in [3.63, 3.8) is 0 Å². The lowest BCUT2D eigenvalue weighted by Gasteiger charge is -2.14. The van der Waals surface area contributed by atoms with E-state index < -0.39 is 24.4 Å². The van der Waals surface area contributed by atoms with Crippen molar-refractivity contribution in [1.29, 1.82) is 0 Å². The second-order valence-corrected chi connectivity index (χ2v) is 6.12. The summed E-state index contributed by atoms with van der Waals surface area (Å²) in [5.41, 5.74) is 1.39. The number of tetrazole rings is 1. The number of benzene rings is 1. The fraction of sp³-hybridized carbons (Fsp3) is 0.167. The summed E-state index contributed by atoms with van der Waals surface area (Å²) in [6.45, 7) is 3.31. The SMILES string of the molecule is C=Cn1nnc(-c2ccc(-c3ccc(N4CC(C(O)F)OC4=O)cc3F)cn2)n1. The number of carbonyl (C=O) groups is 1. The number of halogens is 2. The number of hydrogen-bond acceptors (Lipinski definition) is 7. The molecule has 2 atom stereocenters. The molecule has 3 heterocycles. The Balaban J connectivity index is 1.57. The topological polar surface area (TPSA) is 106 Å². The van der Waals surface area contributed by atoms with Crippen molar-refractivity contribution < 1.29 is 23.4 Å². The molecule has 1 amide bonds. The molecule has 0 spiro atoms. The summed E-state index contributed by atoms with van der Waals surface area (Å²) in [4.78, 5) is 18.3. The van der Waals surface area contributed by atoms with Gasteiger partial charge in [0.15, 0.2) is 6.10 Å². The minimum atomic E-state index is -2.31. The van der Waals surface area contributed by atoms with Crippen LogP contribution in [0.3, 0.4) is 0 Å². The minimum absolute atomic E-state index is 0.189. The first-order valence-electron chi connectivity index (χ1n) is 8.45. The maximum atomic E-state index is 14.7. The van der Waals surface area contributed by atoms with Gasteiger partial charge in [-0.1, -0.05) is 12.6 Å². The molecule has 0 bridgehead atoms. The smallest absolute Gasteiger partial charge is 0.414 e. The molecule has 1 fully saturated rings. The van der Waals surface area contributed by atoms with Crippen LogP contribution in [0.25, 0.3) is 28.8 Å². The molecule has 1 aliphatic rings. The van der Waals surface area contributed by atoms with Gasteiger partial charge >= 0.3 is 6.09 Å². The maximum Gasteiger partial charge on any atom is 0.414 e. The van der Waals surface area contributed by atoms with Gasteiger partial charge < -0.3 is 9.84 Å². The van der Waals surface area contributed by atoms with Crippen LogP contribution in [-0.4, -0.2) is 55.4 Å². The van der Waals surface area contributed by atoms with E-state index >= 15 is 0 Å². The number of carbonyl (C=O) groups excluding carboxylic acids is 1. The summed E-state index contributed by atoms with van der Waals surface area (Å²) in [7, 11) is 0. The third-order valence-electron chi connectivity index (χ3n) is 4.30. The molecule has 148 valence electrons. The van der Waals surface area contributed by atoms with Crippen molar-refractivity contribution in [1.82, 2.24) is 25.2 Å². The number of alkyl halides is 1. The summed E-state index contributed by atoms with van der Waals surface area (Å²) in [5, 5.41) is 20.6. The number of amides is 1. The van der Waals surface area contributed by atoms with Gasteiger partial charge in [-0.25, -0.2) is 13.6 Å². The summed E-state index contributed by atoms with van der Waals surface area (Å²) >= 11 is 0. The van der Waals surface area contributed by atoms with Crippen molar-refractivity contribution in [2.75, 3.05) is 11.4 Å². The van der Waals surface area contributed by atoms with E-state index in [1.54, 1.807) is 12.1 Å². The van der Waals surface area contributed by atoms with E-state index in [9.17, 15) is 13.6 Å². The van der Waals surface area contributed by atoms with Crippen molar-refractivity contribution in [2.45, 2.75) is 12.5 Å². The zero-order valence-corrected chi connectivity index (χ0v) is 14.8. The molecular weight excluding hydrogens is 386 g/mol. The van der Waals surface area contributed by atoms with Crippen molar-refractivity contribution in [3.8, 4) is 22.6 Å². The zero-order valence-electron chi connectivity index (χ0n) is 14.8. The van der Waals surface area contributed by atoms with Crippen LogP contribution in [0.1, 0.15) is 0 Å². The Bertz CT molecular complexity index is 1070. The number of rotatable bonds is 5. The number of aromatic nitrogens is 5. The van der Waals surface area contributed by atoms with E-state index in [1.807, 2.05) is 0 Å². The van der Waals surface area contributed by atoms with E-state index in [2.05, 4.69) is 27.0 Å². The number of ether oxygens (including phenoxy) is 1. The predicted octanol–water partition coefficient (Wildman–Crippen LogP) is 2.25. The Labute approximate surface area is 162 Å². The predicted molar refractivity (Wildman–Crippen MR) is 97.6 cm³/mol. The molecule has 0 aliphatic carbocycles. The Morgan fingerprint density at radius 3 is 2.76 bits per heavy atom. The summed E-state index contributed by atoms with van der Waals surface area (Å²) in [6, 6.07) is 7.37. The van der Waals surface area contributed by atoms with Crippen molar-refractivity contribution >= 4 is 18.0 Å². The highest BCUT2D eigenvalue weighted by Gasteiger charge is 2.37. The molecule has 1 N–H and O–H groups in total. The second kappa shape index (κ2) is 7.36. The number of hydrogen-bond donors (Lipinski definition) is 1. The number of anilines is 1. The van der Waals surface area contributed by atoms with Crippen LogP contribution in [0.15, 0.2) is 43.1 Å². The standard InChI is InChI=1S/C18H14F2N6O3/c1-2-26-23-17(22-24-26)14-6-3-10(8-21-14)12-5-4-11(7-13(12)19)25-9-15(16(20)27)29-18(25)28/h2-8,15-16,27H,1,9H2. The molecular formula is C18H14F2N6O3. The molecule has 3 aromatic rings. The fourth-order valence-corrected chi connectivity index (χ4v) is 2.84. The fourth-order valence-electron chi connectivity index (χ4n) is 2.84. The van der Waals surface area contributed by atoms with Gasteiger partial charge in [-0.2, -0.15) is 0 Å². The van der Waals surface area contributed by atoms with E-state index in [1.165, 1.54) is 29.3 Å². The molecule has 11 heteroatoms. The van der Waals surface area contributed by atoms with E-state index in [0.29, 0.717) is 17.1 Å². The first-order valence-corrected chi connectivity index (χ1v) is 8.45. The van der Waals surface area contributed by atoms with Gasteiger partial charge in [0.05, 0.1) is 12.2 Å². The monoisotopic (exact) mass is 400 g/mol. The third-order valence-corrected chi connectivity index (χ3v) is 4.30. The summed E-state index contributed by atoms with van der Waals surface area (Å²) in [5.74, 6) is -0.311. The molecule has 0 saturated carbocycles. The van der Waals surface area contributed by atoms with Crippen LogP contribution in [0.5, 0.6) is 0 Å². The molecule has 1 saturated heterocycles. The average Bonchev–Trinajstić information content (AvgIpc) is 3.35. The second-order valence-electron chi connectivity index (χ2n) is 6.12. The quantitative estimate of drug-likeness (QED) is 0.700. The van der Waals surface area contributed by atoms with Crippen LogP contribution in [0.2, 0.25) is 0 Å². The molecule has 1 aliphatic heterocycles. The number of aliphatic hydroxyl groups excluding tert-OH is 1. The Morgan fingerprint density at radius 1 is 1.34 bits per heavy atom. The highest BCUT2D eigenvalue weighted by atomic mass is 19.1. The lowest BCUT2D eigenvalue weighted by atomic mass is 10.1. The van der Waals surface area contributed by atoms with E-state index in [4.69, 9.17) is 9.84 Å². The molecule has 29 heavy (non-hydrogen) atoms. The zero-order chi connectivity index (χ0) is 20.5. The first kappa shape index (κ1) is 18.6.